The topological polar surface area (TPSA) is 82.1 Å². The number of nitrogens with zero attached hydrogens (tertiary/aromatic N) is 3. The number of nitro benzene ring substituents is 1. The fourth-order valence-corrected chi connectivity index (χ4v) is 1.69. The van der Waals surface area contributed by atoms with Gasteiger partial charge in [-0.25, -0.2) is 8.78 Å². The van der Waals surface area contributed by atoms with Gasteiger partial charge in [-0.3, -0.25) is 10.1 Å². The highest BCUT2D eigenvalue weighted by Gasteiger charge is 2.25. The number of nitro groups is 1. The van der Waals surface area contributed by atoms with E-state index in [2.05, 4.69) is 26.1 Å². The summed E-state index contributed by atoms with van der Waals surface area (Å²) >= 11 is 3.28. The average Bonchev–Trinajstić information content (AvgIpc) is 2.89. The molecule has 0 aliphatic heterocycles. The summed E-state index contributed by atoms with van der Waals surface area (Å²) in [5.41, 5.74) is -0.898. The van der Waals surface area contributed by atoms with Gasteiger partial charge < -0.3 is 4.42 Å². The molecule has 0 saturated heterocycles. The van der Waals surface area contributed by atoms with E-state index in [9.17, 15) is 18.9 Å². The zero-order chi connectivity index (χ0) is 14.9. The summed E-state index contributed by atoms with van der Waals surface area (Å²) in [5, 5.41) is 18.2. The van der Waals surface area contributed by atoms with Crippen molar-refractivity contribution < 1.29 is 18.1 Å². The Balaban J connectivity index is 2.54. The van der Waals surface area contributed by atoms with Crippen molar-refractivity contribution in [3.05, 3.63) is 39.8 Å². The molecule has 2 aromatic rings. The molecule has 0 spiro atoms. The van der Waals surface area contributed by atoms with Gasteiger partial charge in [0, 0.05) is 0 Å². The van der Waals surface area contributed by atoms with Gasteiger partial charge in [0.2, 0.25) is 5.89 Å². The summed E-state index contributed by atoms with van der Waals surface area (Å²) in [4.78, 5) is 9.82. The molecule has 106 valence electrons. The zero-order valence-electron chi connectivity index (χ0n) is 10.1. The van der Waals surface area contributed by atoms with Crippen molar-refractivity contribution in [3.63, 3.8) is 0 Å². The van der Waals surface area contributed by atoms with E-state index in [1.165, 1.54) is 0 Å². The summed E-state index contributed by atoms with van der Waals surface area (Å²) < 4.78 is 31.6. The maximum absolute atomic E-state index is 13.2. The lowest BCUT2D eigenvalue weighted by Gasteiger charge is -2.00. The molecule has 20 heavy (non-hydrogen) atoms. The van der Waals surface area contributed by atoms with Crippen LogP contribution in [0.25, 0.3) is 11.5 Å². The maximum Gasteiger partial charge on any atom is 0.285 e. The molecule has 0 bridgehead atoms. The van der Waals surface area contributed by atoms with Crippen LogP contribution in [0.15, 0.2) is 16.5 Å². The summed E-state index contributed by atoms with van der Waals surface area (Å²) in [6.45, 7) is 1.86. The molecule has 0 radical (unpaired) electrons. The fraction of sp³-hybridized carbons (Fsp3) is 0.273. The number of hydrogen-bond acceptors (Lipinski definition) is 5. The first-order valence-corrected chi connectivity index (χ1v) is 6.46. The van der Waals surface area contributed by atoms with Crippen LogP contribution in [0.3, 0.4) is 0 Å². The average molecular weight is 348 g/mol. The lowest BCUT2D eigenvalue weighted by molar-refractivity contribution is -0.384. The molecule has 1 aromatic heterocycles. The molecule has 1 heterocycles. The van der Waals surface area contributed by atoms with Crippen molar-refractivity contribution in [1.29, 1.82) is 0 Å². The molecule has 0 aliphatic carbocycles. The van der Waals surface area contributed by atoms with Crippen molar-refractivity contribution in [2.75, 3.05) is 0 Å². The number of alkyl halides is 1. The summed E-state index contributed by atoms with van der Waals surface area (Å²) in [6, 6.07) is 1.15. The van der Waals surface area contributed by atoms with Gasteiger partial charge in [-0.2, -0.15) is 0 Å². The Hall–Kier alpha value is -1.90. The fourth-order valence-electron chi connectivity index (χ4n) is 1.50. The van der Waals surface area contributed by atoms with Gasteiger partial charge in [-0.05, 0) is 12.5 Å². The molecule has 0 aliphatic rings. The Morgan fingerprint density at radius 3 is 2.65 bits per heavy atom. The number of hydrogen-bond donors (Lipinski definition) is 0. The van der Waals surface area contributed by atoms with E-state index in [1.54, 1.807) is 0 Å². The molecule has 1 atom stereocenters. The minimum atomic E-state index is -1.31. The quantitative estimate of drug-likeness (QED) is 0.477. The minimum absolute atomic E-state index is 0.210. The van der Waals surface area contributed by atoms with Crippen LogP contribution in [0.1, 0.15) is 24.1 Å². The smallest absolute Gasteiger partial charge is 0.285 e. The molecule has 6 nitrogen and oxygen atoms in total. The number of halogens is 3. The van der Waals surface area contributed by atoms with Crippen LogP contribution >= 0.6 is 15.9 Å². The van der Waals surface area contributed by atoms with Gasteiger partial charge >= 0.3 is 0 Å². The molecule has 1 unspecified atom stereocenters. The van der Waals surface area contributed by atoms with Crippen LogP contribution in [-0.2, 0) is 0 Å². The molecule has 0 amide bonds. The maximum atomic E-state index is 13.2. The van der Waals surface area contributed by atoms with E-state index in [0.29, 0.717) is 18.6 Å². The van der Waals surface area contributed by atoms with Crippen LogP contribution in [0.5, 0.6) is 0 Å². The number of rotatable bonds is 4. The Labute approximate surface area is 120 Å². The molecule has 1 aromatic carbocycles. The summed E-state index contributed by atoms with van der Waals surface area (Å²) in [6.07, 6.45) is 0.654. The van der Waals surface area contributed by atoms with E-state index in [1.807, 2.05) is 6.92 Å². The molecule has 0 N–H and O–H groups in total. The Kier molecular flexibility index (Phi) is 4.07. The van der Waals surface area contributed by atoms with Crippen molar-refractivity contribution in [2.45, 2.75) is 18.2 Å². The van der Waals surface area contributed by atoms with E-state index >= 15 is 0 Å². The normalized spacial score (nSPS) is 12.4. The van der Waals surface area contributed by atoms with E-state index in [4.69, 9.17) is 4.42 Å². The van der Waals surface area contributed by atoms with Crippen LogP contribution in [0, 0.1) is 21.7 Å². The number of benzene rings is 1. The van der Waals surface area contributed by atoms with Gasteiger partial charge in [0.15, 0.2) is 11.6 Å². The third-order valence-electron chi connectivity index (χ3n) is 2.53. The molecular weight excluding hydrogens is 340 g/mol. The van der Waals surface area contributed by atoms with Crippen molar-refractivity contribution in [1.82, 2.24) is 10.2 Å². The predicted molar refractivity (Wildman–Crippen MR) is 68.3 cm³/mol. The van der Waals surface area contributed by atoms with Gasteiger partial charge in [0.1, 0.15) is 5.56 Å². The lowest BCUT2D eigenvalue weighted by Crippen LogP contribution is -1.96. The van der Waals surface area contributed by atoms with E-state index in [0.717, 1.165) is 0 Å². The molecule has 0 fully saturated rings. The Bertz CT molecular complexity index is 662. The second-order valence-electron chi connectivity index (χ2n) is 3.86. The van der Waals surface area contributed by atoms with E-state index < -0.39 is 22.2 Å². The monoisotopic (exact) mass is 347 g/mol. The van der Waals surface area contributed by atoms with Gasteiger partial charge in [0.25, 0.3) is 11.6 Å². The highest BCUT2D eigenvalue weighted by molar-refractivity contribution is 9.09. The third kappa shape index (κ3) is 2.67. The van der Waals surface area contributed by atoms with Crippen molar-refractivity contribution in [3.8, 4) is 11.5 Å². The largest absolute Gasteiger partial charge is 0.419 e. The number of aromatic nitrogens is 2. The van der Waals surface area contributed by atoms with Crippen LogP contribution in [0.2, 0.25) is 0 Å². The van der Waals surface area contributed by atoms with Crippen LogP contribution in [0.4, 0.5) is 14.5 Å². The van der Waals surface area contributed by atoms with Crippen molar-refractivity contribution in [2.24, 2.45) is 0 Å². The van der Waals surface area contributed by atoms with Gasteiger partial charge in [0.05, 0.1) is 15.8 Å². The van der Waals surface area contributed by atoms with Crippen LogP contribution in [-0.4, -0.2) is 15.1 Å². The second-order valence-corrected chi connectivity index (χ2v) is 4.97. The summed E-state index contributed by atoms with van der Waals surface area (Å²) in [7, 11) is 0. The van der Waals surface area contributed by atoms with Gasteiger partial charge in [-0.15, -0.1) is 10.2 Å². The highest BCUT2D eigenvalue weighted by Crippen LogP contribution is 2.33. The van der Waals surface area contributed by atoms with Crippen LogP contribution < -0.4 is 0 Å². The SMILES string of the molecule is CCC(Br)c1nnc(-c2cc(F)c(F)cc2[N+](=O)[O-])o1. The first-order valence-electron chi connectivity index (χ1n) is 5.55. The first-order chi connectivity index (χ1) is 9.43. The highest BCUT2D eigenvalue weighted by atomic mass is 79.9. The molecule has 2 rings (SSSR count). The predicted octanol–water partition coefficient (Wildman–Crippen LogP) is 3.77. The molecule has 0 saturated carbocycles. The van der Waals surface area contributed by atoms with Crippen molar-refractivity contribution >= 4 is 21.6 Å². The summed E-state index contributed by atoms with van der Waals surface area (Å²) in [5.74, 6) is -2.56. The van der Waals surface area contributed by atoms with Gasteiger partial charge in [-0.1, -0.05) is 22.9 Å². The first kappa shape index (κ1) is 14.5. The Morgan fingerprint density at radius 2 is 2.05 bits per heavy atom. The lowest BCUT2D eigenvalue weighted by atomic mass is 10.1. The zero-order valence-corrected chi connectivity index (χ0v) is 11.7. The standard InChI is InChI=1S/C11H8BrF2N3O3/c1-2-6(12)11-16-15-10(20-11)5-3-7(13)8(14)4-9(5)17(18)19/h3-4,6H,2H2,1H3. The second kappa shape index (κ2) is 5.61. The van der Waals surface area contributed by atoms with E-state index in [-0.39, 0.29) is 22.2 Å². The Morgan fingerprint density at radius 1 is 1.40 bits per heavy atom. The molecule has 9 heteroatoms. The third-order valence-corrected chi connectivity index (χ3v) is 3.57. The minimum Gasteiger partial charge on any atom is -0.419 e. The molecular formula is C11H8BrF2N3O3.